The van der Waals surface area contributed by atoms with Gasteiger partial charge >= 0.3 is 0 Å². The molecule has 0 N–H and O–H groups in total. The Morgan fingerprint density at radius 2 is 2.06 bits per heavy atom. The fourth-order valence-electron chi connectivity index (χ4n) is 1.79. The average molecular weight is 330 g/mol. The summed E-state index contributed by atoms with van der Waals surface area (Å²) < 4.78 is 19.6. The molecule has 1 nitrogen and oxygen atoms in total. The first-order valence-corrected chi connectivity index (χ1v) is 6.84. The SMILES string of the molecule is COc1ccc(CBr)c(F)c1-c1cccc(Cl)c1. The fraction of sp³-hybridized carbons (Fsp3) is 0.143. The molecule has 0 aliphatic rings. The molecular weight excluding hydrogens is 319 g/mol. The van der Waals surface area contributed by atoms with Gasteiger partial charge in [0.1, 0.15) is 11.6 Å². The number of alkyl halides is 1. The molecule has 0 fully saturated rings. The van der Waals surface area contributed by atoms with Crippen LogP contribution in [0.3, 0.4) is 0 Å². The van der Waals surface area contributed by atoms with Crippen molar-refractivity contribution in [1.82, 2.24) is 0 Å². The molecule has 0 bridgehead atoms. The minimum Gasteiger partial charge on any atom is -0.496 e. The van der Waals surface area contributed by atoms with Crippen molar-refractivity contribution < 1.29 is 9.13 Å². The molecule has 0 aliphatic carbocycles. The highest BCUT2D eigenvalue weighted by atomic mass is 79.9. The summed E-state index contributed by atoms with van der Waals surface area (Å²) >= 11 is 9.21. The van der Waals surface area contributed by atoms with E-state index in [1.54, 1.807) is 30.3 Å². The number of halogens is 3. The van der Waals surface area contributed by atoms with Gasteiger partial charge in [0.15, 0.2) is 0 Å². The predicted molar refractivity (Wildman–Crippen MR) is 76.0 cm³/mol. The van der Waals surface area contributed by atoms with Crippen LogP contribution in [0.1, 0.15) is 5.56 Å². The quantitative estimate of drug-likeness (QED) is 0.716. The molecule has 0 radical (unpaired) electrons. The number of benzene rings is 2. The monoisotopic (exact) mass is 328 g/mol. The van der Waals surface area contributed by atoms with Crippen molar-refractivity contribution in [2.45, 2.75) is 5.33 Å². The first-order chi connectivity index (χ1) is 8.67. The Morgan fingerprint density at radius 1 is 1.28 bits per heavy atom. The van der Waals surface area contributed by atoms with Gasteiger partial charge in [-0.15, -0.1) is 0 Å². The van der Waals surface area contributed by atoms with Gasteiger partial charge in [0.25, 0.3) is 0 Å². The van der Waals surface area contributed by atoms with Crippen LogP contribution in [0.2, 0.25) is 5.02 Å². The van der Waals surface area contributed by atoms with E-state index in [-0.39, 0.29) is 5.82 Å². The molecule has 2 aromatic rings. The van der Waals surface area contributed by atoms with Crippen molar-refractivity contribution in [3.8, 4) is 16.9 Å². The zero-order valence-corrected chi connectivity index (χ0v) is 12.1. The predicted octanol–water partition coefficient (Wildman–Crippen LogP) is 5.05. The third-order valence-corrected chi connectivity index (χ3v) is 3.50. The summed E-state index contributed by atoms with van der Waals surface area (Å²) in [6.07, 6.45) is 0. The molecule has 2 aromatic carbocycles. The second-order valence-corrected chi connectivity index (χ2v) is 4.76. The number of rotatable bonds is 3. The first-order valence-electron chi connectivity index (χ1n) is 5.34. The molecule has 0 saturated carbocycles. The zero-order valence-electron chi connectivity index (χ0n) is 9.71. The molecule has 0 aliphatic heterocycles. The van der Waals surface area contributed by atoms with Crippen LogP contribution in [-0.2, 0) is 5.33 Å². The smallest absolute Gasteiger partial charge is 0.138 e. The maximum atomic E-state index is 14.4. The van der Waals surface area contributed by atoms with Gasteiger partial charge in [-0.1, -0.05) is 45.7 Å². The molecule has 94 valence electrons. The summed E-state index contributed by atoms with van der Waals surface area (Å²) in [6.45, 7) is 0. The van der Waals surface area contributed by atoms with Gasteiger partial charge in [-0.2, -0.15) is 0 Å². The molecule has 0 amide bonds. The fourth-order valence-corrected chi connectivity index (χ4v) is 2.41. The standard InChI is InChI=1S/C14H11BrClFO/c1-18-12-6-5-10(8-15)14(17)13(12)9-3-2-4-11(16)7-9/h2-7H,8H2,1H3. The average Bonchev–Trinajstić information content (AvgIpc) is 2.38. The van der Waals surface area contributed by atoms with Gasteiger partial charge in [0.05, 0.1) is 12.7 Å². The minimum absolute atomic E-state index is 0.284. The van der Waals surface area contributed by atoms with Gasteiger partial charge in [-0.05, 0) is 29.3 Å². The maximum Gasteiger partial charge on any atom is 0.138 e. The van der Waals surface area contributed by atoms with Gasteiger partial charge in [0, 0.05) is 10.4 Å². The Morgan fingerprint density at radius 3 is 2.67 bits per heavy atom. The van der Waals surface area contributed by atoms with Crippen molar-refractivity contribution in [3.05, 3.63) is 52.8 Å². The van der Waals surface area contributed by atoms with Crippen LogP contribution >= 0.6 is 27.5 Å². The lowest BCUT2D eigenvalue weighted by atomic mass is 10.0. The number of methoxy groups -OCH3 is 1. The van der Waals surface area contributed by atoms with Gasteiger partial charge < -0.3 is 4.74 Å². The Bertz CT molecular complexity index is 572. The molecule has 0 spiro atoms. The molecular formula is C14H11BrClFO. The minimum atomic E-state index is -0.284. The Kier molecular flexibility index (Phi) is 4.25. The second-order valence-electron chi connectivity index (χ2n) is 3.76. The maximum absolute atomic E-state index is 14.4. The Balaban J connectivity index is 2.68. The zero-order chi connectivity index (χ0) is 13.1. The van der Waals surface area contributed by atoms with Crippen LogP contribution in [-0.4, -0.2) is 7.11 Å². The van der Waals surface area contributed by atoms with Crippen molar-refractivity contribution in [3.63, 3.8) is 0 Å². The molecule has 0 heterocycles. The van der Waals surface area contributed by atoms with E-state index in [0.717, 1.165) is 0 Å². The van der Waals surface area contributed by atoms with E-state index in [4.69, 9.17) is 16.3 Å². The van der Waals surface area contributed by atoms with E-state index in [1.165, 1.54) is 7.11 Å². The van der Waals surface area contributed by atoms with E-state index in [1.807, 2.05) is 6.07 Å². The Labute approximate surface area is 119 Å². The molecule has 0 unspecified atom stereocenters. The highest BCUT2D eigenvalue weighted by Gasteiger charge is 2.15. The van der Waals surface area contributed by atoms with E-state index < -0.39 is 0 Å². The van der Waals surface area contributed by atoms with Gasteiger partial charge in [0.2, 0.25) is 0 Å². The molecule has 0 aromatic heterocycles. The van der Waals surface area contributed by atoms with Crippen LogP contribution in [0.15, 0.2) is 36.4 Å². The second kappa shape index (κ2) is 5.72. The molecule has 0 atom stereocenters. The van der Waals surface area contributed by atoms with E-state index in [0.29, 0.717) is 32.8 Å². The first kappa shape index (κ1) is 13.4. The number of ether oxygens (including phenoxy) is 1. The normalized spacial score (nSPS) is 10.4. The third-order valence-electron chi connectivity index (χ3n) is 2.66. The van der Waals surface area contributed by atoms with Crippen LogP contribution in [0.4, 0.5) is 4.39 Å². The molecule has 2 rings (SSSR count). The summed E-state index contributed by atoms with van der Waals surface area (Å²) in [6, 6.07) is 10.5. The van der Waals surface area contributed by atoms with Gasteiger partial charge in [-0.25, -0.2) is 4.39 Å². The van der Waals surface area contributed by atoms with Crippen molar-refractivity contribution in [2.24, 2.45) is 0 Å². The van der Waals surface area contributed by atoms with E-state index in [9.17, 15) is 4.39 Å². The molecule has 4 heteroatoms. The summed E-state index contributed by atoms with van der Waals surface area (Å²) in [5, 5.41) is 1.02. The largest absolute Gasteiger partial charge is 0.496 e. The van der Waals surface area contributed by atoms with Crippen LogP contribution < -0.4 is 4.74 Å². The highest BCUT2D eigenvalue weighted by Crippen LogP contribution is 2.35. The number of hydrogen-bond acceptors (Lipinski definition) is 1. The lowest BCUT2D eigenvalue weighted by molar-refractivity contribution is 0.413. The van der Waals surface area contributed by atoms with Crippen molar-refractivity contribution >= 4 is 27.5 Å². The topological polar surface area (TPSA) is 9.23 Å². The van der Waals surface area contributed by atoms with E-state index in [2.05, 4.69) is 15.9 Å². The summed E-state index contributed by atoms with van der Waals surface area (Å²) in [4.78, 5) is 0. The molecule has 18 heavy (non-hydrogen) atoms. The van der Waals surface area contributed by atoms with Crippen molar-refractivity contribution in [2.75, 3.05) is 7.11 Å². The lowest BCUT2D eigenvalue weighted by Crippen LogP contribution is -1.95. The summed E-state index contributed by atoms with van der Waals surface area (Å²) in [7, 11) is 1.52. The van der Waals surface area contributed by atoms with E-state index >= 15 is 0 Å². The van der Waals surface area contributed by atoms with Gasteiger partial charge in [-0.3, -0.25) is 0 Å². The summed E-state index contributed by atoms with van der Waals surface area (Å²) in [5.41, 5.74) is 1.74. The van der Waals surface area contributed by atoms with Crippen LogP contribution in [0.25, 0.3) is 11.1 Å². The van der Waals surface area contributed by atoms with Crippen LogP contribution in [0.5, 0.6) is 5.75 Å². The highest BCUT2D eigenvalue weighted by molar-refractivity contribution is 9.08. The van der Waals surface area contributed by atoms with Crippen molar-refractivity contribution in [1.29, 1.82) is 0 Å². The van der Waals surface area contributed by atoms with Crippen LogP contribution in [0, 0.1) is 5.82 Å². The number of hydrogen-bond donors (Lipinski definition) is 0. The Hall–Kier alpha value is -1.06. The summed E-state index contributed by atoms with van der Waals surface area (Å²) in [5.74, 6) is 0.216. The molecule has 0 saturated heterocycles. The lowest BCUT2D eigenvalue weighted by Gasteiger charge is -2.12. The third kappa shape index (κ3) is 2.52.